The van der Waals surface area contributed by atoms with E-state index >= 15 is 0 Å². The van der Waals surface area contributed by atoms with Crippen molar-refractivity contribution in [1.29, 1.82) is 0 Å². The fraction of sp³-hybridized carbons (Fsp3) is 0.643. The minimum absolute atomic E-state index is 0.370. The van der Waals surface area contributed by atoms with Gasteiger partial charge >= 0.3 is 0 Å². The lowest BCUT2D eigenvalue weighted by molar-refractivity contribution is 0.188. The first kappa shape index (κ1) is 12.4. The van der Waals surface area contributed by atoms with Crippen LogP contribution in [0, 0.1) is 12.3 Å². The number of pyridine rings is 1. The van der Waals surface area contributed by atoms with E-state index in [1.807, 2.05) is 25.1 Å². The molecule has 2 heterocycles. The van der Waals surface area contributed by atoms with Crippen LogP contribution in [0.15, 0.2) is 18.2 Å². The molecule has 1 aliphatic rings. The van der Waals surface area contributed by atoms with Crippen LogP contribution in [0.1, 0.15) is 32.4 Å². The van der Waals surface area contributed by atoms with Crippen LogP contribution in [-0.4, -0.2) is 24.1 Å². The third-order valence-corrected chi connectivity index (χ3v) is 3.71. The molecule has 0 radical (unpaired) electrons. The predicted octanol–water partition coefficient (Wildman–Crippen LogP) is 2.58. The van der Waals surface area contributed by atoms with Gasteiger partial charge in [0.1, 0.15) is 5.82 Å². The Morgan fingerprint density at radius 1 is 1.47 bits per heavy atom. The minimum Gasteiger partial charge on any atom is -0.368 e. The summed E-state index contributed by atoms with van der Waals surface area (Å²) in [6.07, 6.45) is 2.58. The summed E-state index contributed by atoms with van der Waals surface area (Å²) in [5.41, 5.74) is 1.43. The van der Waals surface area contributed by atoms with Crippen LogP contribution >= 0.6 is 0 Å². The molecule has 2 rings (SSSR count). The van der Waals surface area contributed by atoms with Gasteiger partial charge in [0.25, 0.3) is 0 Å². The second-order valence-corrected chi connectivity index (χ2v) is 5.64. The number of nitrogens with zero attached hydrogens (tertiary/aromatic N) is 1. The molecule has 1 aromatic heterocycles. The number of anilines is 1. The minimum atomic E-state index is 0.370. The molecule has 0 aliphatic carbocycles. The Morgan fingerprint density at radius 2 is 2.29 bits per heavy atom. The molecule has 3 nitrogen and oxygen atoms in total. The van der Waals surface area contributed by atoms with Gasteiger partial charge in [-0.3, -0.25) is 0 Å². The van der Waals surface area contributed by atoms with Crippen LogP contribution in [0.2, 0.25) is 0 Å². The first-order valence-corrected chi connectivity index (χ1v) is 6.49. The molecule has 1 saturated heterocycles. The number of hydrogen-bond acceptors (Lipinski definition) is 3. The van der Waals surface area contributed by atoms with Crippen molar-refractivity contribution in [2.45, 2.75) is 39.7 Å². The molecule has 1 aromatic rings. The van der Waals surface area contributed by atoms with Gasteiger partial charge in [-0.2, -0.15) is 0 Å². The lowest BCUT2D eigenvalue weighted by Crippen LogP contribution is -2.50. The highest BCUT2D eigenvalue weighted by Gasteiger charge is 2.31. The number of piperidine rings is 1. The smallest absolute Gasteiger partial charge is 0.126 e. The molecule has 1 aliphatic heterocycles. The second-order valence-electron chi connectivity index (χ2n) is 5.64. The van der Waals surface area contributed by atoms with Gasteiger partial charge in [0.05, 0.1) is 0 Å². The first-order chi connectivity index (χ1) is 8.08. The highest BCUT2D eigenvalue weighted by Crippen LogP contribution is 2.30. The van der Waals surface area contributed by atoms with Crippen molar-refractivity contribution < 1.29 is 0 Å². The molecule has 0 amide bonds. The molecule has 0 spiro atoms. The van der Waals surface area contributed by atoms with E-state index in [1.165, 1.54) is 12.8 Å². The van der Waals surface area contributed by atoms with E-state index in [0.29, 0.717) is 11.5 Å². The van der Waals surface area contributed by atoms with Crippen molar-refractivity contribution in [3.63, 3.8) is 0 Å². The average molecular weight is 233 g/mol. The highest BCUT2D eigenvalue weighted by atomic mass is 15.0. The maximum Gasteiger partial charge on any atom is 0.126 e. The Bertz CT molecular complexity index is 373. The van der Waals surface area contributed by atoms with Gasteiger partial charge in [0.2, 0.25) is 0 Å². The van der Waals surface area contributed by atoms with Gasteiger partial charge in [-0.25, -0.2) is 4.98 Å². The van der Waals surface area contributed by atoms with Gasteiger partial charge < -0.3 is 10.6 Å². The third-order valence-electron chi connectivity index (χ3n) is 3.71. The van der Waals surface area contributed by atoms with Gasteiger partial charge in [-0.15, -0.1) is 0 Å². The summed E-state index contributed by atoms with van der Waals surface area (Å²) in [7, 11) is 0. The molecular weight excluding hydrogens is 210 g/mol. The predicted molar refractivity (Wildman–Crippen MR) is 72.3 cm³/mol. The highest BCUT2D eigenvalue weighted by molar-refractivity contribution is 5.35. The zero-order valence-corrected chi connectivity index (χ0v) is 11.1. The van der Waals surface area contributed by atoms with E-state index in [0.717, 1.165) is 24.6 Å². The summed E-state index contributed by atoms with van der Waals surface area (Å²) >= 11 is 0. The second kappa shape index (κ2) is 5.05. The zero-order chi connectivity index (χ0) is 12.3. The Morgan fingerprint density at radius 3 is 3.00 bits per heavy atom. The van der Waals surface area contributed by atoms with E-state index in [1.54, 1.807) is 0 Å². The summed E-state index contributed by atoms with van der Waals surface area (Å²) in [5.74, 6) is 0.980. The van der Waals surface area contributed by atoms with Gasteiger partial charge in [0.15, 0.2) is 0 Å². The maximum atomic E-state index is 4.47. The molecule has 1 fully saturated rings. The SMILES string of the molecule is Cc1cccc(NCC2NCCCC2(C)C)n1. The Hall–Kier alpha value is -1.09. The van der Waals surface area contributed by atoms with Crippen LogP contribution < -0.4 is 10.6 Å². The van der Waals surface area contributed by atoms with E-state index in [4.69, 9.17) is 0 Å². The number of hydrogen-bond donors (Lipinski definition) is 2. The van der Waals surface area contributed by atoms with E-state index in [9.17, 15) is 0 Å². The molecular formula is C14H23N3. The molecule has 3 heteroatoms. The molecule has 0 bridgehead atoms. The zero-order valence-electron chi connectivity index (χ0n) is 11.1. The maximum absolute atomic E-state index is 4.47. The van der Waals surface area contributed by atoms with Gasteiger partial charge in [-0.1, -0.05) is 19.9 Å². The Kier molecular flexibility index (Phi) is 3.67. The Balaban J connectivity index is 1.93. The number of rotatable bonds is 3. The summed E-state index contributed by atoms with van der Waals surface area (Å²) in [4.78, 5) is 4.47. The quantitative estimate of drug-likeness (QED) is 0.842. The van der Waals surface area contributed by atoms with Gasteiger partial charge in [-0.05, 0) is 43.9 Å². The summed E-state index contributed by atoms with van der Waals surface area (Å²) < 4.78 is 0. The summed E-state index contributed by atoms with van der Waals surface area (Å²) in [6, 6.07) is 6.62. The number of nitrogens with one attached hydrogen (secondary N) is 2. The largest absolute Gasteiger partial charge is 0.368 e. The van der Waals surface area contributed by atoms with E-state index in [-0.39, 0.29) is 0 Å². The van der Waals surface area contributed by atoms with Crippen molar-refractivity contribution in [2.75, 3.05) is 18.4 Å². The van der Waals surface area contributed by atoms with Crippen molar-refractivity contribution in [2.24, 2.45) is 5.41 Å². The van der Waals surface area contributed by atoms with Crippen LogP contribution in [0.4, 0.5) is 5.82 Å². The van der Waals surface area contributed by atoms with Crippen LogP contribution in [0.5, 0.6) is 0 Å². The van der Waals surface area contributed by atoms with Crippen molar-refractivity contribution >= 4 is 5.82 Å². The Labute approximate surface area is 104 Å². The van der Waals surface area contributed by atoms with Crippen molar-refractivity contribution in [3.05, 3.63) is 23.9 Å². The van der Waals surface area contributed by atoms with Crippen LogP contribution in [0.25, 0.3) is 0 Å². The first-order valence-electron chi connectivity index (χ1n) is 6.49. The van der Waals surface area contributed by atoms with Crippen LogP contribution in [0.3, 0.4) is 0 Å². The van der Waals surface area contributed by atoms with E-state index in [2.05, 4.69) is 29.5 Å². The number of aromatic nitrogens is 1. The molecule has 1 atom stereocenters. The molecule has 94 valence electrons. The molecule has 2 N–H and O–H groups in total. The van der Waals surface area contributed by atoms with Crippen molar-refractivity contribution in [1.82, 2.24) is 10.3 Å². The monoisotopic (exact) mass is 233 g/mol. The summed E-state index contributed by atoms with van der Waals surface area (Å²) in [6.45, 7) is 8.79. The molecule has 0 saturated carbocycles. The average Bonchev–Trinajstić information content (AvgIpc) is 2.27. The lowest BCUT2D eigenvalue weighted by atomic mass is 9.77. The van der Waals surface area contributed by atoms with Crippen molar-refractivity contribution in [3.8, 4) is 0 Å². The van der Waals surface area contributed by atoms with Gasteiger partial charge in [0, 0.05) is 18.3 Å². The fourth-order valence-corrected chi connectivity index (χ4v) is 2.47. The molecule has 17 heavy (non-hydrogen) atoms. The van der Waals surface area contributed by atoms with Crippen LogP contribution in [-0.2, 0) is 0 Å². The standard InChI is InChI=1S/C14H23N3/c1-11-6-4-7-13(17-11)16-10-12-14(2,3)8-5-9-15-12/h4,6-7,12,15H,5,8-10H2,1-3H3,(H,16,17). The van der Waals surface area contributed by atoms with E-state index < -0.39 is 0 Å². The lowest BCUT2D eigenvalue weighted by Gasteiger charge is -2.39. The normalized spacial score (nSPS) is 23.4. The molecule has 0 aromatic carbocycles. The topological polar surface area (TPSA) is 37.0 Å². The fourth-order valence-electron chi connectivity index (χ4n) is 2.47. The summed E-state index contributed by atoms with van der Waals surface area (Å²) in [5, 5.41) is 7.04. The molecule has 1 unspecified atom stereocenters. The number of aryl methyl sites for hydroxylation is 1. The third kappa shape index (κ3) is 3.19.